The van der Waals surface area contributed by atoms with E-state index < -0.39 is 0 Å². The maximum atomic E-state index is 6.20. The molecule has 1 nitrogen and oxygen atoms in total. The van der Waals surface area contributed by atoms with Crippen LogP contribution in [0.4, 0.5) is 0 Å². The number of rotatable bonds is 4. The molecule has 19 heavy (non-hydrogen) atoms. The predicted molar refractivity (Wildman–Crippen MR) is 88.1 cm³/mol. The first-order chi connectivity index (χ1) is 8.88. The summed E-state index contributed by atoms with van der Waals surface area (Å²) in [6.45, 7) is 8.62. The SMILES string of the molecule is Cc1cc(C(C)NC(C)c2cc(Cl)sc2Cl)c(C)s1. The molecule has 0 spiro atoms. The van der Waals surface area contributed by atoms with Gasteiger partial charge in [0.15, 0.2) is 0 Å². The van der Waals surface area contributed by atoms with E-state index in [1.165, 1.54) is 26.7 Å². The second kappa shape index (κ2) is 6.15. The van der Waals surface area contributed by atoms with E-state index in [9.17, 15) is 0 Å². The van der Waals surface area contributed by atoms with Crippen molar-refractivity contribution < 1.29 is 0 Å². The van der Waals surface area contributed by atoms with Crippen molar-refractivity contribution in [2.45, 2.75) is 39.8 Å². The van der Waals surface area contributed by atoms with Crippen LogP contribution in [0.2, 0.25) is 8.67 Å². The minimum atomic E-state index is 0.186. The molecule has 0 aliphatic heterocycles. The molecule has 2 aromatic rings. The van der Waals surface area contributed by atoms with E-state index in [1.54, 1.807) is 0 Å². The number of aryl methyl sites for hydroxylation is 2. The average molecular weight is 334 g/mol. The van der Waals surface area contributed by atoms with Gasteiger partial charge in [-0.25, -0.2) is 0 Å². The Morgan fingerprint density at radius 2 is 1.63 bits per heavy atom. The molecule has 2 heterocycles. The molecule has 0 fully saturated rings. The highest BCUT2D eigenvalue weighted by molar-refractivity contribution is 7.20. The lowest BCUT2D eigenvalue weighted by molar-refractivity contribution is 0.495. The highest BCUT2D eigenvalue weighted by atomic mass is 35.5. The van der Waals surface area contributed by atoms with Crippen molar-refractivity contribution in [3.63, 3.8) is 0 Å². The van der Waals surface area contributed by atoms with Crippen LogP contribution in [-0.4, -0.2) is 0 Å². The summed E-state index contributed by atoms with van der Waals surface area (Å²) in [6, 6.07) is 4.69. The van der Waals surface area contributed by atoms with Gasteiger partial charge in [0.2, 0.25) is 0 Å². The zero-order valence-electron chi connectivity index (χ0n) is 11.4. The lowest BCUT2D eigenvalue weighted by Crippen LogP contribution is -2.22. The van der Waals surface area contributed by atoms with Crippen LogP contribution in [0, 0.1) is 13.8 Å². The van der Waals surface area contributed by atoms with E-state index in [2.05, 4.69) is 39.1 Å². The number of halogens is 2. The first kappa shape index (κ1) is 15.3. The molecule has 2 unspecified atom stereocenters. The highest BCUT2D eigenvalue weighted by Crippen LogP contribution is 2.36. The maximum Gasteiger partial charge on any atom is 0.0991 e. The first-order valence-electron chi connectivity index (χ1n) is 6.16. The number of hydrogen-bond acceptors (Lipinski definition) is 3. The van der Waals surface area contributed by atoms with Crippen LogP contribution in [-0.2, 0) is 0 Å². The molecule has 0 bridgehead atoms. The van der Waals surface area contributed by atoms with Crippen molar-refractivity contribution in [1.29, 1.82) is 0 Å². The van der Waals surface area contributed by atoms with E-state index >= 15 is 0 Å². The molecular weight excluding hydrogens is 317 g/mol. The minimum Gasteiger partial charge on any atom is -0.304 e. The Morgan fingerprint density at radius 1 is 1.00 bits per heavy atom. The summed E-state index contributed by atoms with van der Waals surface area (Å²) in [4.78, 5) is 2.73. The molecule has 104 valence electrons. The van der Waals surface area contributed by atoms with Gasteiger partial charge < -0.3 is 5.32 Å². The summed E-state index contributed by atoms with van der Waals surface area (Å²) in [6.07, 6.45) is 0. The maximum absolute atomic E-state index is 6.20. The zero-order valence-corrected chi connectivity index (χ0v) is 14.5. The van der Waals surface area contributed by atoms with E-state index in [1.807, 2.05) is 17.4 Å². The third kappa shape index (κ3) is 3.53. The highest BCUT2D eigenvalue weighted by Gasteiger charge is 2.18. The van der Waals surface area contributed by atoms with Crippen molar-refractivity contribution in [1.82, 2.24) is 5.32 Å². The Morgan fingerprint density at radius 3 is 2.11 bits per heavy atom. The van der Waals surface area contributed by atoms with Gasteiger partial charge in [-0.15, -0.1) is 22.7 Å². The second-order valence-corrected chi connectivity index (χ2v) is 8.50. The Labute approximate surface area is 132 Å². The van der Waals surface area contributed by atoms with Gasteiger partial charge >= 0.3 is 0 Å². The van der Waals surface area contributed by atoms with Crippen LogP contribution in [0.15, 0.2) is 12.1 Å². The Kier molecular flexibility index (Phi) is 4.96. The van der Waals surface area contributed by atoms with Crippen LogP contribution >= 0.6 is 45.9 Å². The van der Waals surface area contributed by atoms with Gasteiger partial charge in [0.1, 0.15) is 0 Å². The largest absolute Gasteiger partial charge is 0.304 e. The van der Waals surface area contributed by atoms with Gasteiger partial charge in [-0.2, -0.15) is 0 Å². The fourth-order valence-corrected chi connectivity index (χ4v) is 4.95. The standard InChI is InChI=1S/C14H17Cl2NS2/c1-7-5-11(10(4)18-7)8(2)17-9(3)12-6-13(15)19-14(12)16/h5-6,8-9,17H,1-4H3. The van der Waals surface area contributed by atoms with Crippen molar-refractivity contribution in [3.05, 3.63) is 41.7 Å². The van der Waals surface area contributed by atoms with E-state index in [-0.39, 0.29) is 6.04 Å². The average Bonchev–Trinajstić information content (AvgIpc) is 2.81. The summed E-state index contributed by atoms with van der Waals surface area (Å²) < 4.78 is 1.51. The molecule has 0 amide bonds. The third-order valence-corrected chi connectivity index (χ3v) is 5.70. The van der Waals surface area contributed by atoms with Crippen molar-refractivity contribution in [3.8, 4) is 0 Å². The molecular formula is C14H17Cl2NS2. The normalized spacial score (nSPS) is 14.6. The number of hydrogen-bond donors (Lipinski definition) is 1. The van der Waals surface area contributed by atoms with Crippen molar-refractivity contribution in [2.24, 2.45) is 0 Å². The van der Waals surface area contributed by atoms with E-state index in [4.69, 9.17) is 23.2 Å². The van der Waals surface area contributed by atoms with E-state index in [0.717, 1.165) is 14.2 Å². The monoisotopic (exact) mass is 333 g/mol. The Hall–Kier alpha value is -0.0600. The van der Waals surface area contributed by atoms with Gasteiger partial charge in [-0.1, -0.05) is 23.2 Å². The summed E-state index contributed by atoms with van der Waals surface area (Å²) in [5.41, 5.74) is 2.44. The van der Waals surface area contributed by atoms with Crippen molar-refractivity contribution in [2.75, 3.05) is 0 Å². The fourth-order valence-electron chi connectivity index (χ4n) is 2.28. The molecule has 0 saturated heterocycles. The molecule has 0 aromatic carbocycles. The third-order valence-electron chi connectivity index (χ3n) is 3.20. The van der Waals surface area contributed by atoms with Crippen LogP contribution in [0.25, 0.3) is 0 Å². The zero-order chi connectivity index (χ0) is 14.2. The lowest BCUT2D eigenvalue weighted by atomic mass is 10.1. The molecule has 0 saturated carbocycles. The quantitative estimate of drug-likeness (QED) is 0.707. The summed E-state index contributed by atoms with van der Waals surface area (Å²) in [5, 5.41) is 3.59. The van der Waals surface area contributed by atoms with Crippen LogP contribution in [0.5, 0.6) is 0 Å². The minimum absolute atomic E-state index is 0.186. The topological polar surface area (TPSA) is 12.0 Å². The molecule has 0 aliphatic rings. The Bertz CT molecular complexity index is 524. The van der Waals surface area contributed by atoms with Gasteiger partial charge in [-0.05, 0) is 51.0 Å². The smallest absolute Gasteiger partial charge is 0.0991 e. The predicted octanol–water partition coefficient (Wildman–Crippen LogP) is 6.15. The van der Waals surface area contributed by atoms with Crippen LogP contribution < -0.4 is 5.32 Å². The number of nitrogens with one attached hydrogen (secondary N) is 1. The van der Waals surface area contributed by atoms with Gasteiger partial charge in [0, 0.05) is 21.8 Å². The summed E-state index contributed by atoms with van der Waals surface area (Å²) in [5.74, 6) is 0. The molecule has 2 rings (SSSR count). The van der Waals surface area contributed by atoms with Crippen LogP contribution in [0.1, 0.15) is 46.8 Å². The summed E-state index contributed by atoms with van der Waals surface area (Å²) >= 11 is 15.5. The summed E-state index contributed by atoms with van der Waals surface area (Å²) in [7, 11) is 0. The molecule has 2 aromatic heterocycles. The molecule has 0 aliphatic carbocycles. The molecule has 5 heteroatoms. The number of thiophene rings is 2. The van der Waals surface area contributed by atoms with E-state index in [0.29, 0.717) is 6.04 Å². The molecule has 2 atom stereocenters. The molecule has 0 radical (unpaired) electrons. The van der Waals surface area contributed by atoms with Gasteiger partial charge in [-0.3, -0.25) is 0 Å². The second-order valence-electron chi connectivity index (χ2n) is 4.76. The van der Waals surface area contributed by atoms with Crippen LogP contribution in [0.3, 0.4) is 0 Å². The van der Waals surface area contributed by atoms with Crippen molar-refractivity contribution >= 4 is 45.9 Å². The lowest BCUT2D eigenvalue weighted by Gasteiger charge is -2.20. The van der Waals surface area contributed by atoms with Gasteiger partial charge in [0.25, 0.3) is 0 Å². The van der Waals surface area contributed by atoms with Gasteiger partial charge in [0.05, 0.1) is 8.67 Å². The first-order valence-corrected chi connectivity index (χ1v) is 8.55. The molecule has 1 N–H and O–H groups in total. The fraction of sp³-hybridized carbons (Fsp3) is 0.429. The Balaban J connectivity index is 2.12.